The molecule has 0 spiro atoms. The van der Waals surface area contributed by atoms with E-state index in [9.17, 15) is 0 Å². The summed E-state index contributed by atoms with van der Waals surface area (Å²) >= 11 is 0. The largest absolute Gasteiger partial charge is 0.424 e. The number of rotatable bonds is 4. The molecule has 0 amide bonds. The van der Waals surface area contributed by atoms with Crippen LogP contribution in [0.1, 0.15) is 56.1 Å². The molecule has 0 bridgehead atoms. The van der Waals surface area contributed by atoms with E-state index in [1.54, 1.807) is 6.33 Å². The predicted molar refractivity (Wildman–Crippen MR) is 72.0 cm³/mol. The van der Waals surface area contributed by atoms with Crippen molar-refractivity contribution in [2.75, 3.05) is 13.1 Å². The molecule has 1 N–H and O–H groups in total. The minimum Gasteiger partial charge on any atom is -0.424 e. The first-order chi connectivity index (χ1) is 9.72. The lowest BCUT2D eigenvalue weighted by atomic mass is 9.96. The topological polar surface area (TPSA) is 83.7 Å². The van der Waals surface area contributed by atoms with Crippen molar-refractivity contribution in [1.29, 1.82) is 0 Å². The summed E-state index contributed by atoms with van der Waals surface area (Å²) < 4.78 is 5.65. The summed E-state index contributed by atoms with van der Waals surface area (Å²) in [5.41, 5.74) is 0. The second-order valence-corrected chi connectivity index (χ2v) is 5.61. The Bertz CT molecular complexity index is 527. The molecule has 3 rings (SSSR count). The molecular weight excluding hydrogens is 256 g/mol. The van der Waals surface area contributed by atoms with Gasteiger partial charge in [-0.2, -0.15) is 5.10 Å². The molecule has 0 radical (unpaired) electrons. The average molecular weight is 276 g/mol. The first-order valence-electron chi connectivity index (χ1n) is 7.12. The molecule has 0 saturated carbocycles. The first kappa shape index (κ1) is 13.2. The molecule has 2 aromatic heterocycles. The molecule has 0 atom stereocenters. The van der Waals surface area contributed by atoms with E-state index in [1.807, 2.05) is 0 Å². The van der Waals surface area contributed by atoms with Gasteiger partial charge in [0.25, 0.3) is 0 Å². The van der Waals surface area contributed by atoms with Crippen molar-refractivity contribution in [3.05, 3.63) is 23.9 Å². The molecule has 20 heavy (non-hydrogen) atoms. The van der Waals surface area contributed by atoms with Crippen LogP contribution in [-0.2, 0) is 6.54 Å². The third-order valence-electron chi connectivity index (χ3n) is 3.74. The van der Waals surface area contributed by atoms with Crippen molar-refractivity contribution in [3.63, 3.8) is 0 Å². The van der Waals surface area contributed by atoms with Crippen molar-refractivity contribution in [2.45, 2.75) is 45.1 Å². The van der Waals surface area contributed by atoms with Gasteiger partial charge in [-0.1, -0.05) is 13.8 Å². The van der Waals surface area contributed by atoms with Crippen LogP contribution in [0.15, 0.2) is 10.7 Å². The standard InChI is InChI=1S/C13H20N6O/c1-9(2)13-18-16-11(20-13)7-19-5-3-10(4-6-19)12-14-8-15-17-12/h8-10H,3-7H2,1-2H3,(H,14,15,17). The van der Waals surface area contributed by atoms with Gasteiger partial charge in [-0.15, -0.1) is 10.2 Å². The maximum atomic E-state index is 5.65. The molecule has 1 saturated heterocycles. The van der Waals surface area contributed by atoms with E-state index in [2.05, 4.69) is 44.1 Å². The Hall–Kier alpha value is -1.76. The van der Waals surface area contributed by atoms with E-state index < -0.39 is 0 Å². The normalized spacial score (nSPS) is 17.9. The zero-order chi connectivity index (χ0) is 13.9. The van der Waals surface area contributed by atoms with E-state index in [0.29, 0.717) is 11.8 Å². The van der Waals surface area contributed by atoms with Crippen LogP contribution in [0.5, 0.6) is 0 Å². The van der Waals surface area contributed by atoms with E-state index >= 15 is 0 Å². The molecule has 7 nitrogen and oxygen atoms in total. The molecule has 0 aliphatic carbocycles. The second kappa shape index (κ2) is 5.70. The van der Waals surface area contributed by atoms with Gasteiger partial charge in [-0.25, -0.2) is 4.98 Å². The van der Waals surface area contributed by atoms with Crippen molar-refractivity contribution in [3.8, 4) is 0 Å². The minimum absolute atomic E-state index is 0.286. The summed E-state index contributed by atoms with van der Waals surface area (Å²) in [6.07, 6.45) is 3.74. The van der Waals surface area contributed by atoms with Gasteiger partial charge in [0.15, 0.2) is 0 Å². The molecule has 1 fully saturated rings. The van der Waals surface area contributed by atoms with Crippen LogP contribution in [-0.4, -0.2) is 43.4 Å². The van der Waals surface area contributed by atoms with Crippen molar-refractivity contribution in [1.82, 2.24) is 30.3 Å². The number of H-pyrrole nitrogens is 1. The third-order valence-corrected chi connectivity index (χ3v) is 3.74. The zero-order valence-electron chi connectivity index (χ0n) is 11.9. The predicted octanol–water partition coefficient (Wildman–Crippen LogP) is 1.69. The maximum Gasteiger partial charge on any atom is 0.230 e. The number of nitrogens with one attached hydrogen (secondary N) is 1. The fraction of sp³-hybridized carbons (Fsp3) is 0.692. The number of aromatic amines is 1. The van der Waals surface area contributed by atoms with Crippen LogP contribution in [0.2, 0.25) is 0 Å². The Morgan fingerprint density at radius 3 is 2.75 bits per heavy atom. The molecular formula is C13H20N6O. The van der Waals surface area contributed by atoms with Gasteiger partial charge >= 0.3 is 0 Å². The highest BCUT2D eigenvalue weighted by atomic mass is 16.4. The number of nitrogens with zero attached hydrogens (tertiary/aromatic N) is 5. The SMILES string of the molecule is CC(C)c1nnc(CN2CCC(c3ncn[nH]3)CC2)o1. The van der Waals surface area contributed by atoms with Crippen LogP contribution in [0.3, 0.4) is 0 Å². The molecule has 0 unspecified atom stereocenters. The zero-order valence-corrected chi connectivity index (χ0v) is 11.9. The van der Waals surface area contributed by atoms with E-state index in [0.717, 1.165) is 44.2 Å². The number of hydrogen-bond donors (Lipinski definition) is 1. The quantitative estimate of drug-likeness (QED) is 0.915. The first-order valence-corrected chi connectivity index (χ1v) is 7.12. The van der Waals surface area contributed by atoms with E-state index in [1.165, 1.54) is 0 Å². The van der Waals surface area contributed by atoms with Crippen LogP contribution in [0.25, 0.3) is 0 Å². The van der Waals surface area contributed by atoms with Crippen molar-refractivity contribution in [2.24, 2.45) is 0 Å². The fourth-order valence-electron chi connectivity index (χ4n) is 2.53. The Labute approximate surface area is 117 Å². The van der Waals surface area contributed by atoms with Gasteiger partial charge in [0.2, 0.25) is 11.8 Å². The highest BCUT2D eigenvalue weighted by Crippen LogP contribution is 2.25. The van der Waals surface area contributed by atoms with Gasteiger partial charge in [-0.3, -0.25) is 10.00 Å². The molecule has 1 aliphatic heterocycles. The van der Waals surface area contributed by atoms with Crippen LogP contribution in [0, 0.1) is 0 Å². The number of likely N-dealkylation sites (tertiary alicyclic amines) is 1. The lowest BCUT2D eigenvalue weighted by Gasteiger charge is -2.29. The Balaban J connectivity index is 1.53. The Morgan fingerprint density at radius 2 is 2.15 bits per heavy atom. The smallest absolute Gasteiger partial charge is 0.230 e. The summed E-state index contributed by atoms with van der Waals surface area (Å²) in [5.74, 6) is 3.21. The molecule has 1 aliphatic rings. The van der Waals surface area contributed by atoms with Gasteiger partial charge < -0.3 is 4.42 Å². The minimum atomic E-state index is 0.286. The Kier molecular flexibility index (Phi) is 3.77. The van der Waals surface area contributed by atoms with Crippen molar-refractivity contribution < 1.29 is 4.42 Å². The van der Waals surface area contributed by atoms with Crippen LogP contribution in [0.4, 0.5) is 0 Å². The van der Waals surface area contributed by atoms with E-state index in [4.69, 9.17) is 4.42 Å². The summed E-state index contributed by atoms with van der Waals surface area (Å²) in [4.78, 5) is 6.60. The molecule has 0 aromatic carbocycles. The fourth-order valence-corrected chi connectivity index (χ4v) is 2.53. The summed E-state index contributed by atoms with van der Waals surface area (Å²) in [5, 5.41) is 15.1. The molecule has 3 heterocycles. The molecule has 2 aromatic rings. The summed E-state index contributed by atoms with van der Waals surface area (Å²) in [6, 6.07) is 0. The molecule has 108 valence electrons. The highest BCUT2D eigenvalue weighted by Gasteiger charge is 2.23. The van der Waals surface area contributed by atoms with Crippen molar-refractivity contribution >= 4 is 0 Å². The lowest BCUT2D eigenvalue weighted by Crippen LogP contribution is -2.32. The van der Waals surface area contributed by atoms with Gasteiger partial charge in [-0.05, 0) is 25.9 Å². The van der Waals surface area contributed by atoms with Gasteiger partial charge in [0.05, 0.1) is 6.54 Å². The summed E-state index contributed by atoms with van der Waals surface area (Å²) in [6.45, 7) is 6.89. The van der Waals surface area contributed by atoms with Crippen LogP contribution < -0.4 is 0 Å². The number of hydrogen-bond acceptors (Lipinski definition) is 6. The van der Waals surface area contributed by atoms with E-state index in [-0.39, 0.29) is 5.92 Å². The highest BCUT2D eigenvalue weighted by molar-refractivity contribution is 4.96. The monoisotopic (exact) mass is 276 g/mol. The lowest BCUT2D eigenvalue weighted by molar-refractivity contribution is 0.183. The van der Waals surface area contributed by atoms with Gasteiger partial charge in [0, 0.05) is 11.8 Å². The Morgan fingerprint density at radius 1 is 1.35 bits per heavy atom. The molecule has 7 heteroatoms. The second-order valence-electron chi connectivity index (χ2n) is 5.61. The van der Waals surface area contributed by atoms with Gasteiger partial charge in [0.1, 0.15) is 12.2 Å². The number of piperidine rings is 1. The third kappa shape index (κ3) is 2.87. The summed E-state index contributed by atoms with van der Waals surface area (Å²) in [7, 11) is 0. The maximum absolute atomic E-state index is 5.65. The van der Waals surface area contributed by atoms with Crippen LogP contribution >= 0.6 is 0 Å². The average Bonchev–Trinajstić information content (AvgIpc) is 3.10. The number of aromatic nitrogens is 5.